The van der Waals surface area contributed by atoms with Gasteiger partial charge in [-0.05, 0) is 55.7 Å². The van der Waals surface area contributed by atoms with Gasteiger partial charge in [0.1, 0.15) is 5.69 Å². The predicted molar refractivity (Wildman–Crippen MR) is 115 cm³/mol. The first kappa shape index (κ1) is 20.1. The molecule has 1 fully saturated rings. The monoisotopic (exact) mass is 423 g/mol. The third kappa shape index (κ3) is 4.36. The Balaban J connectivity index is 1.43. The summed E-state index contributed by atoms with van der Waals surface area (Å²) in [5.41, 5.74) is 3.58. The highest BCUT2D eigenvalue weighted by Gasteiger charge is 2.30. The third-order valence-corrected chi connectivity index (χ3v) is 5.56. The van der Waals surface area contributed by atoms with Gasteiger partial charge in [-0.25, -0.2) is 0 Å². The summed E-state index contributed by atoms with van der Waals surface area (Å²) in [5, 5.41) is 10.5. The lowest BCUT2D eigenvalue weighted by molar-refractivity contribution is -0.121. The number of benzene rings is 1. The second-order valence-electron chi connectivity index (χ2n) is 7.47. The van der Waals surface area contributed by atoms with Crippen molar-refractivity contribution in [2.45, 2.75) is 19.8 Å². The first-order chi connectivity index (χ1) is 14.5. The number of carbonyl (C=O) groups is 2. The molecule has 154 valence electrons. The molecule has 7 nitrogen and oxygen atoms in total. The van der Waals surface area contributed by atoms with Crippen LogP contribution in [0.3, 0.4) is 0 Å². The van der Waals surface area contributed by atoms with Crippen molar-refractivity contribution in [3.63, 3.8) is 0 Å². The number of anilines is 1. The van der Waals surface area contributed by atoms with Crippen LogP contribution in [0.2, 0.25) is 5.02 Å². The lowest BCUT2D eigenvalue weighted by atomic mass is 9.96. The zero-order valence-corrected chi connectivity index (χ0v) is 17.3. The van der Waals surface area contributed by atoms with Crippen molar-refractivity contribution in [1.29, 1.82) is 0 Å². The first-order valence-corrected chi connectivity index (χ1v) is 10.2. The number of aromatic nitrogens is 3. The molecule has 0 unspecified atom stereocenters. The molecule has 2 aromatic heterocycles. The van der Waals surface area contributed by atoms with Crippen LogP contribution in [0.15, 0.2) is 48.8 Å². The normalized spacial score (nSPS) is 16.3. The van der Waals surface area contributed by atoms with Crippen molar-refractivity contribution < 1.29 is 9.59 Å². The molecule has 0 saturated carbocycles. The Bertz CT molecular complexity index is 1070. The molecule has 30 heavy (non-hydrogen) atoms. The Kier molecular flexibility index (Phi) is 5.81. The fourth-order valence-corrected chi connectivity index (χ4v) is 3.89. The zero-order chi connectivity index (χ0) is 21.1. The van der Waals surface area contributed by atoms with E-state index in [2.05, 4.69) is 20.5 Å². The molecule has 1 saturated heterocycles. The molecule has 1 atom stereocenters. The average Bonchev–Trinajstić information content (AvgIpc) is 3.26. The van der Waals surface area contributed by atoms with Crippen molar-refractivity contribution in [3.8, 4) is 11.3 Å². The highest BCUT2D eigenvalue weighted by molar-refractivity contribution is 6.33. The van der Waals surface area contributed by atoms with Gasteiger partial charge in [-0.1, -0.05) is 17.7 Å². The average molecular weight is 424 g/mol. The number of piperidine rings is 1. The van der Waals surface area contributed by atoms with Crippen LogP contribution in [0.25, 0.3) is 11.3 Å². The number of nitrogens with zero attached hydrogens (tertiary/aromatic N) is 3. The number of nitrogens with one attached hydrogen (secondary N) is 2. The molecule has 2 N–H and O–H groups in total. The van der Waals surface area contributed by atoms with Crippen LogP contribution < -0.4 is 5.32 Å². The largest absolute Gasteiger partial charge is 0.337 e. The molecule has 1 aliphatic heterocycles. The minimum absolute atomic E-state index is 0.125. The molecule has 8 heteroatoms. The van der Waals surface area contributed by atoms with Crippen LogP contribution in [-0.2, 0) is 4.79 Å². The van der Waals surface area contributed by atoms with Crippen molar-refractivity contribution >= 4 is 29.1 Å². The lowest BCUT2D eigenvalue weighted by Gasteiger charge is -2.31. The van der Waals surface area contributed by atoms with Gasteiger partial charge in [0.25, 0.3) is 5.91 Å². The van der Waals surface area contributed by atoms with Crippen molar-refractivity contribution in [2.24, 2.45) is 5.92 Å². The van der Waals surface area contributed by atoms with Crippen LogP contribution in [0.1, 0.15) is 28.9 Å². The second-order valence-corrected chi connectivity index (χ2v) is 7.87. The number of pyridine rings is 1. The quantitative estimate of drug-likeness (QED) is 0.665. The minimum Gasteiger partial charge on any atom is -0.337 e. The van der Waals surface area contributed by atoms with E-state index in [9.17, 15) is 9.59 Å². The summed E-state index contributed by atoms with van der Waals surface area (Å²) in [6, 6.07) is 10.9. The van der Waals surface area contributed by atoms with Crippen molar-refractivity contribution in [2.75, 3.05) is 18.4 Å². The van der Waals surface area contributed by atoms with E-state index in [1.807, 2.05) is 31.2 Å². The standard InChI is InChI=1S/C22H22ClN5O2/c1-14-4-5-18(17(23)11-14)25-21(29)16-3-2-10-28(13-16)22(30)20-12-19(26-27-20)15-6-8-24-9-7-15/h4-9,11-12,16H,2-3,10,13H2,1H3,(H,25,29)(H,26,27)/t16-/m1/s1. The van der Waals surface area contributed by atoms with Gasteiger partial charge in [0.2, 0.25) is 5.91 Å². The Morgan fingerprint density at radius 3 is 2.77 bits per heavy atom. The fourth-order valence-electron chi connectivity index (χ4n) is 3.60. The van der Waals surface area contributed by atoms with E-state index in [1.54, 1.807) is 29.4 Å². The predicted octanol–water partition coefficient (Wildman–Crippen LogP) is 3.92. The molecule has 4 rings (SSSR count). The molecule has 0 aliphatic carbocycles. The Labute approximate surface area is 179 Å². The molecule has 1 aromatic carbocycles. The lowest BCUT2D eigenvalue weighted by Crippen LogP contribution is -2.43. The third-order valence-electron chi connectivity index (χ3n) is 5.25. The van der Waals surface area contributed by atoms with E-state index in [0.29, 0.717) is 35.2 Å². The van der Waals surface area contributed by atoms with Crippen LogP contribution in [0, 0.1) is 12.8 Å². The number of likely N-dealkylation sites (tertiary alicyclic amines) is 1. The van der Waals surface area contributed by atoms with E-state index in [4.69, 9.17) is 11.6 Å². The molecule has 3 heterocycles. The van der Waals surface area contributed by atoms with E-state index >= 15 is 0 Å². The van der Waals surface area contributed by atoms with Crippen LogP contribution in [-0.4, -0.2) is 45.0 Å². The zero-order valence-electron chi connectivity index (χ0n) is 16.6. The van der Waals surface area contributed by atoms with Gasteiger partial charge in [-0.3, -0.25) is 19.7 Å². The van der Waals surface area contributed by atoms with E-state index in [0.717, 1.165) is 24.0 Å². The number of hydrogen-bond acceptors (Lipinski definition) is 4. The summed E-state index contributed by atoms with van der Waals surface area (Å²) in [6.07, 6.45) is 4.85. The van der Waals surface area contributed by atoms with E-state index in [-0.39, 0.29) is 17.7 Å². The van der Waals surface area contributed by atoms with Gasteiger partial charge in [-0.2, -0.15) is 5.10 Å². The summed E-state index contributed by atoms with van der Waals surface area (Å²) >= 11 is 6.23. The number of carbonyl (C=O) groups excluding carboxylic acids is 2. The molecule has 2 amide bonds. The number of amides is 2. The van der Waals surface area contributed by atoms with Crippen LogP contribution in [0.5, 0.6) is 0 Å². The van der Waals surface area contributed by atoms with Crippen LogP contribution in [0.4, 0.5) is 5.69 Å². The summed E-state index contributed by atoms with van der Waals surface area (Å²) in [5.74, 6) is -0.573. The van der Waals surface area contributed by atoms with E-state index < -0.39 is 0 Å². The summed E-state index contributed by atoms with van der Waals surface area (Å²) < 4.78 is 0. The van der Waals surface area contributed by atoms with E-state index in [1.165, 1.54) is 0 Å². The number of H-pyrrole nitrogens is 1. The summed E-state index contributed by atoms with van der Waals surface area (Å²) in [7, 11) is 0. The maximum Gasteiger partial charge on any atom is 0.271 e. The number of aryl methyl sites for hydroxylation is 1. The SMILES string of the molecule is Cc1ccc(NC(=O)[C@@H]2CCCN(C(=O)c3cc(-c4ccncc4)n[nH]3)C2)c(Cl)c1. The highest BCUT2D eigenvalue weighted by Crippen LogP contribution is 2.26. The van der Waals surface area contributed by atoms with Crippen LogP contribution >= 0.6 is 11.6 Å². The maximum absolute atomic E-state index is 13.0. The van der Waals surface area contributed by atoms with Crippen molar-refractivity contribution in [3.05, 3.63) is 65.1 Å². The minimum atomic E-state index is -0.289. The fraction of sp³-hybridized carbons (Fsp3) is 0.273. The molecule has 0 radical (unpaired) electrons. The number of halogens is 1. The Morgan fingerprint density at radius 2 is 2.00 bits per heavy atom. The summed E-state index contributed by atoms with van der Waals surface area (Å²) in [6.45, 7) is 2.91. The molecular formula is C22H22ClN5O2. The molecule has 1 aliphatic rings. The molecule has 3 aromatic rings. The van der Waals surface area contributed by atoms with Gasteiger partial charge in [0, 0.05) is 31.0 Å². The molecule has 0 bridgehead atoms. The summed E-state index contributed by atoms with van der Waals surface area (Å²) in [4.78, 5) is 31.4. The second kappa shape index (κ2) is 8.67. The Hall–Kier alpha value is -3.19. The maximum atomic E-state index is 13.0. The molecule has 0 spiro atoms. The number of aromatic amines is 1. The topological polar surface area (TPSA) is 91.0 Å². The van der Waals surface area contributed by atoms with Gasteiger partial charge in [-0.15, -0.1) is 0 Å². The van der Waals surface area contributed by atoms with Gasteiger partial charge in [0.15, 0.2) is 0 Å². The van der Waals surface area contributed by atoms with Gasteiger partial charge in [0.05, 0.1) is 22.3 Å². The number of hydrogen-bond donors (Lipinski definition) is 2. The Morgan fingerprint density at radius 1 is 1.20 bits per heavy atom. The van der Waals surface area contributed by atoms with Gasteiger partial charge >= 0.3 is 0 Å². The highest BCUT2D eigenvalue weighted by atomic mass is 35.5. The smallest absolute Gasteiger partial charge is 0.271 e. The van der Waals surface area contributed by atoms with Crippen molar-refractivity contribution in [1.82, 2.24) is 20.1 Å². The number of rotatable bonds is 4. The molecular weight excluding hydrogens is 402 g/mol. The van der Waals surface area contributed by atoms with Gasteiger partial charge < -0.3 is 10.2 Å². The first-order valence-electron chi connectivity index (χ1n) is 9.83.